The maximum Gasteiger partial charge on any atom is 0.124 e. The first-order valence-electron chi connectivity index (χ1n) is 6.46. The van der Waals surface area contributed by atoms with E-state index in [4.69, 9.17) is 10.00 Å². The van der Waals surface area contributed by atoms with Crippen molar-refractivity contribution >= 4 is 21.6 Å². The third kappa shape index (κ3) is 2.50. The van der Waals surface area contributed by atoms with Gasteiger partial charge in [0.25, 0.3) is 0 Å². The first-order chi connectivity index (χ1) is 9.78. The first kappa shape index (κ1) is 13.0. The Balaban J connectivity index is 1.94. The number of hydrogen-bond acceptors (Lipinski definition) is 3. The minimum absolute atomic E-state index is 0.158. The van der Waals surface area contributed by atoms with E-state index in [-0.39, 0.29) is 6.04 Å². The van der Waals surface area contributed by atoms with E-state index < -0.39 is 0 Å². The number of halogens is 1. The van der Waals surface area contributed by atoms with E-state index in [2.05, 4.69) is 33.4 Å². The molecule has 3 nitrogen and oxygen atoms in total. The molecule has 100 valence electrons. The predicted octanol–water partition coefficient (Wildman–Crippen LogP) is 4.26. The molecule has 2 aromatic carbocycles. The number of nitriles is 1. The fraction of sp³-hybridized carbons (Fsp3) is 0.188. The zero-order chi connectivity index (χ0) is 13.9. The lowest BCUT2D eigenvalue weighted by molar-refractivity contribution is 0.274. The number of nitrogens with zero attached hydrogens (tertiary/aromatic N) is 1. The molecule has 1 N–H and O–H groups in total. The lowest BCUT2D eigenvalue weighted by Crippen LogP contribution is -2.20. The summed E-state index contributed by atoms with van der Waals surface area (Å²) in [5.41, 5.74) is 2.65. The third-order valence-corrected chi connectivity index (χ3v) is 3.88. The van der Waals surface area contributed by atoms with Gasteiger partial charge in [-0.3, -0.25) is 0 Å². The van der Waals surface area contributed by atoms with Gasteiger partial charge in [0.15, 0.2) is 0 Å². The van der Waals surface area contributed by atoms with Gasteiger partial charge >= 0.3 is 0 Å². The Kier molecular flexibility index (Phi) is 3.62. The highest BCUT2D eigenvalue weighted by molar-refractivity contribution is 9.10. The number of benzene rings is 2. The number of anilines is 1. The molecule has 0 aromatic heterocycles. The summed E-state index contributed by atoms with van der Waals surface area (Å²) in [5.74, 6) is 0.909. The van der Waals surface area contributed by atoms with Gasteiger partial charge in [0.05, 0.1) is 23.9 Å². The topological polar surface area (TPSA) is 45.0 Å². The predicted molar refractivity (Wildman–Crippen MR) is 81.8 cm³/mol. The van der Waals surface area contributed by atoms with Gasteiger partial charge < -0.3 is 10.1 Å². The van der Waals surface area contributed by atoms with Crippen molar-refractivity contribution in [3.8, 4) is 11.8 Å². The van der Waals surface area contributed by atoms with Gasteiger partial charge in [0, 0.05) is 16.5 Å². The van der Waals surface area contributed by atoms with Crippen LogP contribution in [0.1, 0.15) is 23.6 Å². The van der Waals surface area contributed by atoms with Gasteiger partial charge in [0.2, 0.25) is 0 Å². The molecule has 0 amide bonds. The van der Waals surface area contributed by atoms with Crippen LogP contribution in [0.15, 0.2) is 46.9 Å². The minimum atomic E-state index is 0.158. The highest BCUT2D eigenvalue weighted by Crippen LogP contribution is 2.36. The number of nitrogens with one attached hydrogen (secondary N) is 1. The van der Waals surface area contributed by atoms with E-state index in [1.54, 1.807) is 0 Å². The van der Waals surface area contributed by atoms with Gasteiger partial charge in [-0.1, -0.05) is 28.1 Å². The average Bonchev–Trinajstić information content (AvgIpc) is 2.48. The summed E-state index contributed by atoms with van der Waals surface area (Å²) in [7, 11) is 0. The zero-order valence-corrected chi connectivity index (χ0v) is 12.4. The van der Waals surface area contributed by atoms with Gasteiger partial charge in [-0.15, -0.1) is 0 Å². The Morgan fingerprint density at radius 3 is 2.95 bits per heavy atom. The second kappa shape index (κ2) is 5.56. The van der Waals surface area contributed by atoms with Gasteiger partial charge in [-0.05, 0) is 30.3 Å². The van der Waals surface area contributed by atoms with Crippen molar-refractivity contribution in [1.29, 1.82) is 5.26 Å². The monoisotopic (exact) mass is 328 g/mol. The number of fused-ring (bicyclic) bond motifs is 1. The second-order valence-electron chi connectivity index (χ2n) is 4.67. The molecule has 3 rings (SSSR count). The maximum atomic E-state index is 9.17. The molecule has 1 atom stereocenters. The number of hydrogen-bond donors (Lipinski definition) is 1. The SMILES string of the molecule is N#Cc1ccccc1NC1CCOc2ccc(Br)cc21. The number of para-hydroxylation sites is 1. The molecule has 4 heteroatoms. The van der Waals surface area contributed by atoms with Crippen molar-refractivity contribution in [2.75, 3.05) is 11.9 Å². The molecule has 1 aliphatic heterocycles. The Labute approximate surface area is 126 Å². The summed E-state index contributed by atoms with van der Waals surface area (Å²) in [4.78, 5) is 0. The standard InChI is InChI=1S/C16H13BrN2O/c17-12-5-6-16-13(9-12)15(7-8-20-16)19-14-4-2-1-3-11(14)10-18/h1-6,9,15,19H,7-8H2. The Morgan fingerprint density at radius 2 is 2.10 bits per heavy atom. The van der Waals surface area contributed by atoms with E-state index in [0.717, 1.165) is 27.9 Å². The first-order valence-corrected chi connectivity index (χ1v) is 7.25. The summed E-state index contributed by atoms with van der Waals surface area (Å²) in [6.45, 7) is 0.682. The van der Waals surface area contributed by atoms with Crippen LogP contribution in [0.5, 0.6) is 5.75 Å². The molecule has 2 aromatic rings. The molecule has 0 saturated heterocycles. The third-order valence-electron chi connectivity index (χ3n) is 3.39. The van der Waals surface area contributed by atoms with Crippen LogP contribution >= 0.6 is 15.9 Å². The number of ether oxygens (including phenoxy) is 1. The highest BCUT2D eigenvalue weighted by atomic mass is 79.9. The maximum absolute atomic E-state index is 9.17. The largest absolute Gasteiger partial charge is 0.493 e. The van der Waals surface area contributed by atoms with Crippen molar-refractivity contribution in [2.24, 2.45) is 0 Å². The van der Waals surface area contributed by atoms with E-state index >= 15 is 0 Å². The second-order valence-corrected chi connectivity index (χ2v) is 5.59. The molecule has 0 spiro atoms. The number of rotatable bonds is 2. The molecule has 1 unspecified atom stereocenters. The van der Waals surface area contributed by atoms with Crippen LogP contribution in [0, 0.1) is 11.3 Å². The van der Waals surface area contributed by atoms with Crippen molar-refractivity contribution in [3.05, 3.63) is 58.1 Å². The van der Waals surface area contributed by atoms with E-state index in [0.29, 0.717) is 12.2 Å². The molecule has 0 radical (unpaired) electrons. The fourth-order valence-electron chi connectivity index (χ4n) is 2.41. The lowest BCUT2D eigenvalue weighted by Gasteiger charge is -2.28. The van der Waals surface area contributed by atoms with Gasteiger partial charge in [0.1, 0.15) is 11.8 Å². The van der Waals surface area contributed by atoms with Crippen LogP contribution in [0.3, 0.4) is 0 Å². The van der Waals surface area contributed by atoms with Crippen LogP contribution in [-0.2, 0) is 0 Å². The summed E-state index contributed by atoms with van der Waals surface area (Å²) in [5, 5.41) is 12.6. The van der Waals surface area contributed by atoms with Crippen LogP contribution in [0.4, 0.5) is 5.69 Å². The van der Waals surface area contributed by atoms with Crippen LogP contribution < -0.4 is 10.1 Å². The molecule has 1 heterocycles. The summed E-state index contributed by atoms with van der Waals surface area (Å²) in [6.07, 6.45) is 0.878. The molecule has 1 aliphatic rings. The van der Waals surface area contributed by atoms with E-state index in [1.807, 2.05) is 36.4 Å². The normalized spacial score (nSPS) is 16.7. The molecule has 0 aliphatic carbocycles. The van der Waals surface area contributed by atoms with Crippen molar-refractivity contribution in [2.45, 2.75) is 12.5 Å². The average molecular weight is 329 g/mol. The quantitative estimate of drug-likeness (QED) is 0.895. The van der Waals surface area contributed by atoms with Gasteiger partial charge in [-0.25, -0.2) is 0 Å². The van der Waals surface area contributed by atoms with Gasteiger partial charge in [-0.2, -0.15) is 5.26 Å². The minimum Gasteiger partial charge on any atom is -0.493 e. The van der Waals surface area contributed by atoms with E-state index in [1.165, 1.54) is 0 Å². The zero-order valence-electron chi connectivity index (χ0n) is 10.8. The summed E-state index contributed by atoms with van der Waals surface area (Å²) in [6, 6.07) is 16.0. The van der Waals surface area contributed by atoms with Crippen molar-refractivity contribution < 1.29 is 4.74 Å². The fourth-order valence-corrected chi connectivity index (χ4v) is 2.79. The summed E-state index contributed by atoms with van der Waals surface area (Å²) >= 11 is 3.50. The van der Waals surface area contributed by atoms with Crippen molar-refractivity contribution in [1.82, 2.24) is 0 Å². The highest BCUT2D eigenvalue weighted by Gasteiger charge is 2.22. The molecule has 20 heavy (non-hydrogen) atoms. The Morgan fingerprint density at radius 1 is 1.25 bits per heavy atom. The lowest BCUT2D eigenvalue weighted by atomic mass is 10.00. The molecular weight excluding hydrogens is 316 g/mol. The van der Waals surface area contributed by atoms with Crippen LogP contribution in [0.25, 0.3) is 0 Å². The molecule has 0 bridgehead atoms. The molecular formula is C16H13BrN2O. The van der Waals surface area contributed by atoms with Crippen LogP contribution in [0.2, 0.25) is 0 Å². The van der Waals surface area contributed by atoms with Crippen LogP contribution in [-0.4, -0.2) is 6.61 Å². The molecule has 0 fully saturated rings. The smallest absolute Gasteiger partial charge is 0.124 e. The Bertz CT molecular complexity index is 678. The Hall–Kier alpha value is -1.99. The summed E-state index contributed by atoms with van der Waals surface area (Å²) < 4.78 is 6.71. The van der Waals surface area contributed by atoms with Crippen molar-refractivity contribution in [3.63, 3.8) is 0 Å². The van der Waals surface area contributed by atoms with E-state index in [9.17, 15) is 0 Å². The molecule has 0 saturated carbocycles.